The van der Waals surface area contributed by atoms with E-state index >= 15 is 0 Å². The Bertz CT molecular complexity index is 550. The monoisotopic (exact) mass is 251 g/mol. The molecule has 1 aromatic carbocycles. The fourth-order valence-corrected chi connectivity index (χ4v) is 1.71. The van der Waals surface area contributed by atoms with Crippen molar-refractivity contribution >= 4 is 17.4 Å². The highest BCUT2D eigenvalue weighted by Gasteiger charge is 2.19. The summed E-state index contributed by atoms with van der Waals surface area (Å²) in [7, 11) is 0. The number of aromatic hydroxyl groups is 2. The van der Waals surface area contributed by atoms with Crippen LogP contribution in [-0.2, 0) is 0 Å². The largest absolute Gasteiger partial charge is 0.507 e. The van der Waals surface area contributed by atoms with Crippen molar-refractivity contribution in [2.24, 2.45) is 0 Å². The predicted octanol–water partition coefficient (Wildman–Crippen LogP) is 2.62. The second-order valence-electron chi connectivity index (χ2n) is 3.68. The van der Waals surface area contributed by atoms with Crippen molar-refractivity contribution in [3.05, 3.63) is 46.2 Å². The number of rotatable bonds is 2. The standard InChI is InChI=1S/C12H10ClNO3/c1-6-5-7(14-12(6)13)11(17)10-8(15)3-2-4-9(10)16/h2-5,14-16H,1H3. The van der Waals surface area contributed by atoms with E-state index in [0.717, 1.165) is 5.56 Å². The summed E-state index contributed by atoms with van der Waals surface area (Å²) in [5.74, 6) is -1.03. The molecule has 0 unspecified atom stereocenters. The van der Waals surface area contributed by atoms with E-state index in [0.29, 0.717) is 5.15 Å². The number of benzene rings is 1. The van der Waals surface area contributed by atoms with Crippen molar-refractivity contribution in [2.45, 2.75) is 6.92 Å². The smallest absolute Gasteiger partial charge is 0.216 e. The van der Waals surface area contributed by atoms with Crippen LogP contribution in [0.5, 0.6) is 11.5 Å². The summed E-state index contributed by atoms with van der Waals surface area (Å²) in [6, 6.07) is 5.69. The number of H-pyrrole nitrogens is 1. The molecule has 0 bridgehead atoms. The summed E-state index contributed by atoms with van der Waals surface area (Å²) in [4.78, 5) is 14.7. The van der Waals surface area contributed by atoms with Gasteiger partial charge in [0, 0.05) is 0 Å². The molecule has 1 aromatic heterocycles. The molecular formula is C12H10ClNO3. The number of carbonyl (C=O) groups excluding carboxylic acids is 1. The molecule has 2 rings (SSSR count). The van der Waals surface area contributed by atoms with Crippen molar-refractivity contribution in [1.82, 2.24) is 4.98 Å². The normalized spacial score (nSPS) is 10.5. The van der Waals surface area contributed by atoms with E-state index < -0.39 is 5.78 Å². The van der Waals surface area contributed by atoms with Gasteiger partial charge in [0.25, 0.3) is 0 Å². The van der Waals surface area contributed by atoms with Crippen molar-refractivity contribution in [3.63, 3.8) is 0 Å². The fourth-order valence-electron chi connectivity index (χ4n) is 1.55. The van der Waals surface area contributed by atoms with Crippen LogP contribution in [0, 0.1) is 6.92 Å². The second kappa shape index (κ2) is 4.14. The zero-order chi connectivity index (χ0) is 12.6. The van der Waals surface area contributed by atoms with Crippen LogP contribution in [0.15, 0.2) is 24.3 Å². The lowest BCUT2D eigenvalue weighted by Crippen LogP contribution is -2.02. The number of ketones is 1. The Labute approximate surface area is 102 Å². The molecule has 1 heterocycles. The van der Waals surface area contributed by atoms with Crippen molar-refractivity contribution in [3.8, 4) is 11.5 Å². The minimum Gasteiger partial charge on any atom is -0.507 e. The van der Waals surface area contributed by atoms with E-state index in [2.05, 4.69) is 4.98 Å². The van der Waals surface area contributed by atoms with Gasteiger partial charge in [0.05, 0.1) is 5.69 Å². The van der Waals surface area contributed by atoms with Gasteiger partial charge in [0.2, 0.25) is 5.78 Å². The first kappa shape index (κ1) is 11.5. The van der Waals surface area contributed by atoms with Gasteiger partial charge in [0.15, 0.2) is 0 Å². The highest BCUT2D eigenvalue weighted by Crippen LogP contribution is 2.29. The highest BCUT2D eigenvalue weighted by atomic mass is 35.5. The number of hydrogen-bond acceptors (Lipinski definition) is 3. The number of aromatic nitrogens is 1. The van der Waals surface area contributed by atoms with Crippen molar-refractivity contribution in [1.29, 1.82) is 0 Å². The SMILES string of the molecule is Cc1cc(C(=O)c2c(O)cccc2O)[nH]c1Cl. The molecule has 0 aliphatic carbocycles. The molecule has 0 saturated carbocycles. The van der Waals surface area contributed by atoms with Gasteiger partial charge >= 0.3 is 0 Å². The van der Waals surface area contributed by atoms with Crippen LogP contribution < -0.4 is 0 Å². The lowest BCUT2D eigenvalue weighted by Gasteiger charge is -2.04. The van der Waals surface area contributed by atoms with Crippen LogP contribution in [-0.4, -0.2) is 21.0 Å². The minimum atomic E-state index is -0.504. The van der Waals surface area contributed by atoms with Gasteiger partial charge < -0.3 is 15.2 Å². The minimum absolute atomic E-state index is 0.134. The van der Waals surface area contributed by atoms with Gasteiger partial charge in [-0.25, -0.2) is 0 Å². The quantitative estimate of drug-likeness (QED) is 0.719. The fraction of sp³-hybridized carbons (Fsp3) is 0.0833. The van der Waals surface area contributed by atoms with Crippen LogP contribution in [0.3, 0.4) is 0 Å². The Morgan fingerprint density at radius 3 is 2.35 bits per heavy atom. The van der Waals surface area contributed by atoms with Crippen LogP contribution in [0.1, 0.15) is 21.6 Å². The molecule has 0 saturated heterocycles. The predicted molar refractivity (Wildman–Crippen MR) is 63.7 cm³/mol. The first-order valence-electron chi connectivity index (χ1n) is 4.91. The average Bonchev–Trinajstić information content (AvgIpc) is 2.59. The van der Waals surface area contributed by atoms with E-state index in [9.17, 15) is 15.0 Å². The Morgan fingerprint density at radius 2 is 1.88 bits per heavy atom. The average molecular weight is 252 g/mol. The number of phenols is 2. The van der Waals surface area contributed by atoms with Crippen molar-refractivity contribution < 1.29 is 15.0 Å². The van der Waals surface area contributed by atoms with E-state index in [4.69, 9.17) is 11.6 Å². The van der Waals surface area contributed by atoms with Crippen LogP contribution in [0.25, 0.3) is 0 Å². The number of hydrogen-bond donors (Lipinski definition) is 3. The molecular weight excluding hydrogens is 242 g/mol. The van der Waals surface area contributed by atoms with Crippen LogP contribution >= 0.6 is 11.6 Å². The number of phenolic OH excluding ortho intramolecular Hbond substituents is 2. The number of aromatic amines is 1. The molecule has 17 heavy (non-hydrogen) atoms. The molecule has 88 valence electrons. The number of nitrogens with one attached hydrogen (secondary N) is 1. The summed E-state index contributed by atoms with van der Waals surface area (Å²) >= 11 is 5.81. The van der Waals surface area contributed by atoms with Gasteiger partial charge in [-0.15, -0.1) is 0 Å². The number of halogens is 1. The Balaban J connectivity index is 2.51. The third-order valence-electron chi connectivity index (χ3n) is 2.44. The summed E-state index contributed by atoms with van der Waals surface area (Å²) in [6.07, 6.45) is 0. The van der Waals surface area contributed by atoms with Crippen LogP contribution in [0.4, 0.5) is 0 Å². The maximum atomic E-state index is 12.0. The summed E-state index contributed by atoms with van der Waals surface area (Å²) < 4.78 is 0. The van der Waals surface area contributed by atoms with E-state index in [1.165, 1.54) is 18.2 Å². The molecule has 0 aliphatic heterocycles. The third kappa shape index (κ3) is 1.99. The van der Waals surface area contributed by atoms with E-state index in [1.54, 1.807) is 13.0 Å². The topological polar surface area (TPSA) is 73.3 Å². The van der Waals surface area contributed by atoms with Gasteiger partial charge in [-0.05, 0) is 30.7 Å². The Hall–Kier alpha value is -1.94. The summed E-state index contributed by atoms with van der Waals surface area (Å²) in [5, 5.41) is 19.5. The lowest BCUT2D eigenvalue weighted by molar-refractivity contribution is 0.102. The Morgan fingerprint density at radius 1 is 1.29 bits per heavy atom. The molecule has 5 heteroatoms. The van der Waals surface area contributed by atoms with E-state index in [1.807, 2.05) is 0 Å². The van der Waals surface area contributed by atoms with Gasteiger partial charge in [-0.1, -0.05) is 17.7 Å². The van der Waals surface area contributed by atoms with Gasteiger partial charge in [-0.2, -0.15) is 0 Å². The molecule has 0 amide bonds. The first-order chi connectivity index (χ1) is 8.00. The van der Waals surface area contributed by atoms with E-state index in [-0.39, 0.29) is 22.8 Å². The molecule has 0 aliphatic rings. The third-order valence-corrected chi connectivity index (χ3v) is 2.84. The maximum absolute atomic E-state index is 12.0. The maximum Gasteiger partial charge on any atom is 0.216 e. The van der Waals surface area contributed by atoms with Gasteiger partial charge in [-0.3, -0.25) is 4.79 Å². The first-order valence-corrected chi connectivity index (χ1v) is 5.29. The van der Waals surface area contributed by atoms with Gasteiger partial charge in [0.1, 0.15) is 22.2 Å². The number of carbonyl (C=O) groups is 1. The zero-order valence-corrected chi connectivity index (χ0v) is 9.75. The Kier molecular flexibility index (Phi) is 2.81. The molecule has 4 nitrogen and oxygen atoms in total. The molecule has 3 N–H and O–H groups in total. The second-order valence-corrected chi connectivity index (χ2v) is 4.06. The number of aryl methyl sites for hydroxylation is 1. The molecule has 0 atom stereocenters. The van der Waals surface area contributed by atoms with Crippen LogP contribution in [0.2, 0.25) is 5.15 Å². The summed E-state index contributed by atoms with van der Waals surface area (Å²) in [6.45, 7) is 1.75. The lowest BCUT2D eigenvalue weighted by atomic mass is 10.1. The zero-order valence-electron chi connectivity index (χ0n) is 8.99. The molecule has 0 spiro atoms. The molecule has 0 fully saturated rings. The molecule has 0 radical (unpaired) electrons. The molecule has 2 aromatic rings. The highest BCUT2D eigenvalue weighted by molar-refractivity contribution is 6.30. The van der Waals surface area contributed by atoms with Crippen molar-refractivity contribution in [2.75, 3.05) is 0 Å². The summed E-state index contributed by atoms with van der Waals surface area (Å²) in [5.41, 5.74) is 0.819.